The highest BCUT2D eigenvalue weighted by atomic mass is 32.2. The summed E-state index contributed by atoms with van der Waals surface area (Å²) in [5.74, 6) is -5.69. The van der Waals surface area contributed by atoms with Crippen LogP contribution < -0.4 is 16.4 Å². The molecule has 6 rings (SSSR count). The van der Waals surface area contributed by atoms with Crippen LogP contribution in [0.3, 0.4) is 0 Å². The number of thioether (sulfide) groups is 1. The van der Waals surface area contributed by atoms with E-state index in [1.807, 2.05) is 12.1 Å². The smallest absolute Gasteiger partial charge is 0.356 e. The van der Waals surface area contributed by atoms with Gasteiger partial charge >= 0.3 is 35.8 Å². The van der Waals surface area contributed by atoms with Gasteiger partial charge in [-0.15, -0.1) is 11.8 Å². The number of benzene rings is 3. The lowest BCUT2D eigenvalue weighted by Gasteiger charge is -2.50. The maximum Gasteiger partial charge on any atom is 0.356 e. The van der Waals surface area contributed by atoms with Gasteiger partial charge in [0.05, 0.1) is 5.56 Å². The number of nitrogen functional groups attached to an aromatic ring is 1. The van der Waals surface area contributed by atoms with Crippen molar-refractivity contribution in [3.63, 3.8) is 0 Å². The van der Waals surface area contributed by atoms with E-state index in [4.69, 9.17) is 19.9 Å². The van der Waals surface area contributed by atoms with E-state index < -0.39 is 76.7 Å². The summed E-state index contributed by atoms with van der Waals surface area (Å²) in [6.07, 6.45) is -0.874. The van der Waals surface area contributed by atoms with Crippen molar-refractivity contribution >= 4 is 65.0 Å². The van der Waals surface area contributed by atoms with Crippen LogP contribution in [0.1, 0.15) is 73.8 Å². The van der Waals surface area contributed by atoms with E-state index in [1.165, 1.54) is 46.7 Å². The fraction of sp³-hybridized carbons (Fsp3) is 0.349. The fourth-order valence-electron chi connectivity index (χ4n) is 6.91. The lowest BCUT2D eigenvalue weighted by atomic mass is 9.98. The van der Waals surface area contributed by atoms with Gasteiger partial charge in [-0.2, -0.15) is 0 Å². The zero-order valence-electron chi connectivity index (χ0n) is 34.2. The van der Waals surface area contributed by atoms with Crippen molar-refractivity contribution < 1.29 is 52.6 Å². The first kappa shape index (κ1) is 43.9. The van der Waals surface area contributed by atoms with Crippen LogP contribution in [0.4, 0.5) is 10.5 Å². The molecular weight excluding hydrogens is 809 g/mol. The van der Waals surface area contributed by atoms with Crippen LogP contribution in [0.15, 0.2) is 90.1 Å². The second kappa shape index (κ2) is 18.3. The molecule has 0 bridgehead atoms. The van der Waals surface area contributed by atoms with Crippen molar-refractivity contribution in [2.75, 3.05) is 37.7 Å². The predicted molar refractivity (Wildman–Crippen MR) is 221 cm³/mol. The second-order valence-electron chi connectivity index (χ2n) is 15.3. The summed E-state index contributed by atoms with van der Waals surface area (Å²) in [5, 5.41) is 4.31. The van der Waals surface area contributed by atoms with Gasteiger partial charge in [0.2, 0.25) is 5.91 Å². The Kier molecular flexibility index (Phi) is 13.2. The van der Waals surface area contributed by atoms with Crippen molar-refractivity contribution in [2.24, 2.45) is 0 Å². The highest BCUT2D eigenvalue weighted by Gasteiger charge is 2.55. The normalized spacial score (nSPS) is 18.2. The molecule has 18 heteroatoms. The monoisotopic (exact) mass is 854 g/mol. The summed E-state index contributed by atoms with van der Waals surface area (Å²) in [4.78, 5) is 110. The topological polar surface area (TPSA) is 224 Å². The van der Waals surface area contributed by atoms with Gasteiger partial charge in [-0.05, 0) is 51.0 Å². The SMILES string of the molecule is CCN1CCN(C(=O)N[C@H](C(=O)N[C@@H]2C(=O)N3C(C(=O)OC(c4ccccc4)c4ccccc4)=C(COC(C)=O)CS[C@H]23)c2ccc(C(=O)OC(C)(C)C)cc2N)C(=O)C1=O. The number of nitrogens with two attached hydrogens (primary N) is 1. The number of nitrogens with zero attached hydrogens (tertiary/aromatic N) is 3. The molecule has 3 aliphatic heterocycles. The molecule has 3 aromatic rings. The molecule has 2 fully saturated rings. The Balaban J connectivity index is 1.28. The van der Waals surface area contributed by atoms with Gasteiger partial charge in [0.25, 0.3) is 5.91 Å². The van der Waals surface area contributed by atoms with Crippen LogP contribution in [0.2, 0.25) is 0 Å². The number of β-lactam (4-membered cyclic amide) rings is 1. The minimum absolute atomic E-state index is 0.00440. The van der Waals surface area contributed by atoms with Crippen molar-refractivity contribution in [3.8, 4) is 0 Å². The Hall–Kier alpha value is -6.69. The van der Waals surface area contributed by atoms with Gasteiger partial charge in [0, 0.05) is 49.1 Å². The number of likely N-dealkylation sites (N-methyl/N-ethyl adjacent to an activating group) is 1. The van der Waals surface area contributed by atoms with E-state index in [9.17, 15) is 38.4 Å². The van der Waals surface area contributed by atoms with Crippen LogP contribution in [0, 0.1) is 0 Å². The number of carbonyl (C=O) groups excluding carboxylic acids is 8. The molecule has 0 aliphatic carbocycles. The van der Waals surface area contributed by atoms with Crippen LogP contribution in [0.5, 0.6) is 0 Å². The lowest BCUT2D eigenvalue weighted by molar-refractivity contribution is -0.155. The van der Waals surface area contributed by atoms with E-state index >= 15 is 0 Å². The van der Waals surface area contributed by atoms with Crippen LogP contribution in [-0.4, -0.2) is 111 Å². The Labute approximate surface area is 355 Å². The van der Waals surface area contributed by atoms with Crippen LogP contribution in [0.25, 0.3) is 0 Å². The number of anilines is 1. The number of ether oxygens (including phenoxy) is 3. The summed E-state index contributed by atoms with van der Waals surface area (Å²) in [5.41, 5.74) is 7.02. The van der Waals surface area contributed by atoms with E-state index in [0.29, 0.717) is 21.6 Å². The van der Waals surface area contributed by atoms with Crippen LogP contribution >= 0.6 is 11.8 Å². The third-order valence-electron chi connectivity index (χ3n) is 9.92. The number of esters is 3. The van der Waals surface area contributed by atoms with Crippen molar-refractivity contribution in [3.05, 3.63) is 112 Å². The van der Waals surface area contributed by atoms with E-state index in [-0.39, 0.29) is 54.5 Å². The number of piperazine rings is 1. The first-order chi connectivity index (χ1) is 29.0. The summed E-state index contributed by atoms with van der Waals surface area (Å²) in [6, 6.07) is 18.0. The molecule has 61 heavy (non-hydrogen) atoms. The molecule has 17 nitrogen and oxygen atoms in total. The molecule has 0 unspecified atom stereocenters. The van der Waals surface area contributed by atoms with Gasteiger partial charge in [-0.1, -0.05) is 66.7 Å². The number of imide groups is 1. The Morgan fingerprint density at radius 2 is 1.52 bits per heavy atom. The zero-order valence-corrected chi connectivity index (χ0v) is 35.0. The standard InChI is InChI=1S/C43H46N6O11S/c1-6-47-19-20-48(38(54)37(47)53)42(57)46-31(29-18-17-27(21-30(29)44)40(55)60-43(3,4)5)35(51)45-32-36(52)49-33(28(22-58-24(2)50)23-61-39(32)49)41(56)59-34(25-13-9-7-10-14-25)26-15-11-8-12-16-26/h7-18,21,31-32,34,39H,6,19-20,22-23,44H2,1-5H3,(H,45,51)(H,46,57)/t31-,32+,39+/m0/s1. The van der Waals surface area contributed by atoms with E-state index in [2.05, 4.69) is 10.6 Å². The summed E-state index contributed by atoms with van der Waals surface area (Å²) >= 11 is 1.19. The molecule has 3 heterocycles. The molecule has 0 radical (unpaired) electrons. The number of rotatable bonds is 12. The third kappa shape index (κ3) is 9.70. The maximum atomic E-state index is 14.3. The predicted octanol–water partition coefficient (Wildman–Crippen LogP) is 3.22. The molecule has 2 saturated heterocycles. The zero-order chi connectivity index (χ0) is 44.2. The largest absolute Gasteiger partial charge is 0.461 e. The second-order valence-corrected chi connectivity index (χ2v) is 16.4. The van der Waals surface area contributed by atoms with Crippen molar-refractivity contribution in [1.29, 1.82) is 0 Å². The molecule has 0 aromatic heterocycles. The number of carbonyl (C=O) groups is 8. The molecule has 320 valence electrons. The number of hydrogen-bond acceptors (Lipinski definition) is 13. The number of hydrogen-bond donors (Lipinski definition) is 3. The first-order valence-corrected chi connectivity index (χ1v) is 20.5. The average molecular weight is 855 g/mol. The number of amides is 6. The average Bonchev–Trinajstić information content (AvgIpc) is 3.23. The van der Waals surface area contributed by atoms with Gasteiger partial charge < -0.3 is 35.5 Å². The van der Waals surface area contributed by atoms with E-state index in [1.54, 1.807) is 76.2 Å². The fourth-order valence-corrected chi connectivity index (χ4v) is 8.24. The summed E-state index contributed by atoms with van der Waals surface area (Å²) in [6.45, 7) is 7.82. The van der Waals surface area contributed by atoms with Crippen molar-refractivity contribution in [2.45, 2.75) is 63.8 Å². The number of fused-ring (bicyclic) bond motifs is 1. The van der Waals surface area contributed by atoms with Gasteiger partial charge in [0.1, 0.15) is 35.4 Å². The Morgan fingerprint density at radius 1 is 0.885 bits per heavy atom. The molecule has 0 spiro atoms. The van der Waals surface area contributed by atoms with E-state index in [0.717, 1.165) is 0 Å². The highest BCUT2D eigenvalue weighted by molar-refractivity contribution is 8.00. The maximum absolute atomic E-state index is 14.3. The highest BCUT2D eigenvalue weighted by Crippen LogP contribution is 2.42. The van der Waals surface area contributed by atoms with Gasteiger partial charge in [0.15, 0.2) is 6.10 Å². The molecule has 6 amide bonds. The molecular formula is C43H46N6O11S. The molecule has 3 atom stereocenters. The summed E-state index contributed by atoms with van der Waals surface area (Å²) in [7, 11) is 0. The van der Waals surface area contributed by atoms with Crippen LogP contribution in [-0.2, 0) is 43.0 Å². The number of nitrogens with one attached hydrogen (secondary N) is 2. The Morgan fingerprint density at radius 3 is 2.10 bits per heavy atom. The minimum atomic E-state index is -1.65. The Bertz CT molecular complexity index is 2240. The lowest BCUT2D eigenvalue weighted by Crippen LogP contribution is -2.71. The number of urea groups is 1. The third-order valence-corrected chi connectivity index (χ3v) is 11.3. The van der Waals surface area contributed by atoms with Crippen molar-refractivity contribution in [1.82, 2.24) is 25.3 Å². The molecule has 4 N–H and O–H groups in total. The van der Waals surface area contributed by atoms with Gasteiger partial charge in [-0.3, -0.25) is 33.8 Å². The molecule has 3 aliphatic rings. The minimum Gasteiger partial charge on any atom is -0.461 e. The summed E-state index contributed by atoms with van der Waals surface area (Å²) < 4.78 is 16.8. The first-order valence-electron chi connectivity index (χ1n) is 19.4. The van der Waals surface area contributed by atoms with Gasteiger partial charge in [-0.25, -0.2) is 14.4 Å². The molecule has 3 aromatic carbocycles. The quantitative estimate of drug-likeness (QED) is 0.0784. The molecule has 0 saturated carbocycles.